The van der Waals surface area contributed by atoms with Crippen LogP contribution >= 0.6 is 23.2 Å². The van der Waals surface area contributed by atoms with Crippen molar-refractivity contribution in [3.63, 3.8) is 0 Å². The Morgan fingerprint density at radius 3 is 2.32 bits per heavy atom. The minimum atomic E-state index is -0.773. The highest BCUT2D eigenvalue weighted by atomic mass is 35.5. The van der Waals surface area contributed by atoms with Gasteiger partial charge in [0.05, 0.1) is 15.7 Å². The molecule has 1 aliphatic rings. The summed E-state index contributed by atoms with van der Waals surface area (Å²) in [5, 5.41) is 3.17. The second-order valence-electron chi connectivity index (χ2n) is 7.85. The van der Waals surface area contributed by atoms with Crippen LogP contribution in [0.4, 0.5) is 10.5 Å². The van der Waals surface area contributed by atoms with Crippen LogP contribution in [0.3, 0.4) is 0 Å². The van der Waals surface area contributed by atoms with Gasteiger partial charge in [0.15, 0.2) is 0 Å². The number of rotatable bonds is 5. The Labute approximate surface area is 206 Å². The maximum absolute atomic E-state index is 13.1. The molecule has 4 amide bonds. The molecule has 3 aromatic rings. The first kappa shape index (κ1) is 23.5. The fourth-order valence-electron chi connectivity index (χ4n) is 3.56. The van der Waals surface area contributed by atoms with E-state index in [1.165, 1.54) is 6.08 Å². The number of nitrogens with one attached hydrogen (secondary N) is 1. The van der Waals surface area contributed by atoms with E-state index in [-0.39, 0.29) is 5.57 Å². The van der Waals surface area contributed by atoms with Gasteiger partial charge in [0.2, 0.25) is 0 Å². The molecule has 0 saturated carbocycles. The highest BCUT2D eigenvalue weighted by Crippen LogP contribution is 2.27. The molecule has 0 bridgehead atoms. The zero-order chi connectivity index (χ0) is 24.4. The van der Waals surface area contributed by atoms with E-state index >= 15 is 0 Å². The Bertz CT molecular complexity index is 1330. The van der Waals surface area contributed by atoms with Gasteiger partial charge in [-0.25, -0.2) is 9.69 Å². The Balaban J connectivity index is 1.52. The van der Waals surface area contributed by atoms with Gasteiger partial charge in [-0.3, -0.25) is 14.9 Å². The second kappa shape index (κ2) is 9.71. The fraction of sp³-hybridized carbons (Fsp3) is 0.115. The van der Waals surface area contributed by atoms with Crippen molar-refractivity contribution >= 4 is 52.8 Å². The van der Waals surface area contributed by atoms with Crippen LogP contribution < -0.4 is 15.0 Å². The van der Waals surface area contributed by atoms with Crippen molar-refractivity contribution in [2.75, 3.05) is 4.90 Å². The monoisotopic (exact) mass is 494 g/mol. The van der Waals surface area contributed by atoms with Crippen molar-refractivity contribution in [3.8, 4) is 5.75 Å². The Morgan fingerprint density at radius 1 is 0.912 bits per heavy atom. The third kappa shape index (κ3) is 4.98. The summed E-state index contributed by atoms with van der Waals surface area (Å²) in [6.45, 7) is 4.02. The van der Waals surface area contributed by atoms with Gasteiger partial charge in [0, 0.05) is 0 Å². The summed E-state index contributed by atoms with van der Waals surface area (Å²) in [6, 6.07) is 16.7. The maximum atomic E-state index is 13.1. The number of anilines is 1. The van der Waals surface area contributed by atoms with Gasteiger partial charge < -0.3 is 4.74 Å². The van der Waals surface area contributed by atoms with Gasteiger partial charge in [-0.05, 0) is 66.9 Å². The number of aryl methyl sites for hydroxylation is 2. The molecule has 172 valence electrons. The minimum absolute atomic E-state index is 0.135. The predicted molar refractivity (Wildman–Crippen MR) is 132 cm³/mol. The lowest BCUT2D eigenvalue weighted by Crippen LogP contribution is -2.54. The molecule has 3 aromatic carbocycles. The molecule has 8 heteroatoms. The number of ether oxygens (including phenoxy) is 1. The average Bonchev–Trinajstić information content (AvgIpc) is 2.79. The van der Waals surface area contributed by atoms with E-state index < -0.39 is 17.8 Å². The molecule has 0 unspecified atom stereocenters. The van der Waals surface area contributed by atoms with Crippen molar-refractivity contribution in [3.05, 3.63) is 98.5 Å². The maximum Gasteiger partial charge on any atom is 0.335 e. The van der Waals surface area contributed by atoms with Crippen LogP contribution in [0.2, 0.25) is 10.0 Å². The molecule has 0 radical (unpaired) electrons. The van der Waals surface area contributed by atoms with E-state index in [2.05, 4.69) is 5.32 Å². The molecular weight excluding hydrogens is 475 g/mol. The Hall–Kier alpha value is -3.61. The van der Waals surface area contributed by atoms with Crippen LogP contribution in [-0.4, -0.2) is 17.8 Å². The van der Waals surface area contributed by atoms with Crippen LogP contribution in [0.5, 0.6) is 5.75 Å². The van der Waals surface area contributed by atoms with Crippen LogP contribution in [0, 0.1) is 13.8 Å². The van der Waals surface area contributed by atoms with Crippen molar-refractivity contribution in [1.29, 1.82) is 0 Å². The molecule has 6 nitrogen and oxygen atoms in total. The van der Waals surface area contributed by atoms with Crippen molar-refractivity contribution < 1.29 is 19.1 Å². The number of urea groups is 1. The van der Waals surface area contributed by atoms with Gasteiger partial charge in [-0.1, -0.05) is 59.1 Å². The topological polar surface area (TPSA) is 75.7 Å². The summed E-state index contributed by atoms with van der Waals surface area (Å²) in [7, 11) is 0. The van der Waals surface area contributed by atoms with Crippen LogP contribution in [0.1, 0.15) is 22.3 Å². The molecular formula is C26H20Cl2N2O4. The lowest BCUT2D eigenvalue weighted by atomic mass is 10.0. The van der Waals surface area contributed by atoms with Gasteiger partial charge in [-0.2, -0.15) is 0 Å². The normalized spacial score (nSPS) is 15.0. The third-order valence-corrected chi connectivity index (χ3v) is 6.01. The second-order valence-corrected chi connectivity index (χ2v) is 8.67. The fourth-order valence-corrected chi connectivity index (χ4v) is 3.88. The molecule has 1 N–H and O–H groups in total. The van der Waals surface area contributed by atoms with Gasteiger partial charge >= 0.3 is 6.03 Å². The summed E-state index contributed by atoms with van der Waals surface area (Å²) < 4.78 is 5.76. The molecule has 0 spiro atoms. The largest absolute Gasteiger partial charge is 0.489 e. The highest BCUT2D eigenvalue weighted by Gasteiger charge is 2.37. The number of halogens is 2. The molecule has 1 heterocycles. The van der Waals surface area contributed by atoms with E-state index in [4.69, 9.17) is 27.9 Å². The zero-order valence-electron chi connectivity index (χ0n) is 18.4. The van der Waals surface area contributed by atoms with Gasteiger partial charge in [-0.15, -0.1) is 0 Å². The highest BCUT2D eigenvalue weighted by molar-refractivity contribution is 6.42. The first-order valence-electron chi connectivity index (χ1n) is 10.4. The lowest BCUT2D eigenvalue weighted by Gasteiger charge is -2.27. The number of barbiturate groups is 1. The molecule has 1 aliphatic heterocycles. The number of benzene rings is 3. The zero-order valence-corrected chi connectivity index (χ0v) is 19.9. The number of nitrogens with zero attached hydrogens (tertiary/aromatic N) is 1. The SMILES string of the molecule is Cc1ccc(N2C(=O)NC(=O)/C(=C\c3ccc(OCc4ccc(Cl)c(Cl)c4)cc3)C2=O)c(C)c1. The smallest absolute Gasteiger partial charge is 0.335 e. The number of amides is 4. The molecule has 34 heavy (non-hydrogen) atoms. The molecule has 0 aliphatic carbocycles. The summed E-state index contributed by atoms with van der Waals surface area (Å²) in [6.07, 6.45) is 1.45. The quantitative estimate of drug-likeness (QED) is 0.356. The van der Waals surface area contributed by atoms with E-state index in [0.717, 1.165) is 21.6 Å². The number of hydrogen-bond donors (Lipinski definition) is 1. The lowest BCUT2D eigenvalue weighted by molar-refractivity contribution is -0.122. The summed E-state index contributed by atoms with van der Waals surface area (Å²) in [4.78, 5) is 38.9. The number of carbonyl (C=O) groups excluding carboxylic acids is 3. The van der Waals surface area contributed by atoms with Crippen LogP contribution in [0.15, 0.2) is 66.2 Å². The molecule has 1 saturated heterocycles. The number of imide groups is 2. The van der Waals surface area contributed by atoms with E-state index in [9.17, 15) is 14.4 Å². The van der Waals surface area contributed by atoms with E-state index in [1.807, 2.05) is 19.1 Å². The summed E-state index contributed by atoms with van der Waals surface area (Å²) >= 11 is 12.0. The van der Waals surface area contributed by atoms with Gasteiger partial charge in [0.1, 0.15) is 17.9 Å². The molecule has 1 fully saturated rings. The Morgan fingerprint density at radius 2 is 1.65 bits per heavy atom. The first-order valence-corrected chi connectivity index (χ1v) is 11.1. The standard InChI is InChI=1S/C26H20Cl2N2O4/c1-15-3-10-23(16(2)11-15)30-25(32)20(24(31)29-26(30)33)12-17-4-7-19(8-5-17)34-14-18-6-9-21(27)22(28)13-18/h3-13H,14H2,1-2H3,(H,29,31,33)/b20-12+. The first-order chi connectivity index (χ1) is 16.2. The van der Waals surface area contributed by atoms with Crippen molar-refractivity contribution in [2.24, 2.45) is 0 Å². The van der Waals surface area contributed by atoms with Crippen molar-refractivity contribution in [2.45, 2.75) is 20.5 Å². The predicted octanol–water partition coefficient (Wildman–Crippen LogP) is 5.86. The van der Waals surface area contributed by atoms with Crippen LogP contribution in [-0.2, 0) is 16.2 Å². The third-order valence-electron chi connectivity index (χ3n) is 5.28. The summed E-state index contributed by atoms with van der Waals surface area (Å²) in [5.41, 5.74) is 3.51. The number of carbonyl (C=O) groups is 3. The summed E-state index contributed by atoms with van der Waals surface area (Å²) in [5.74, 6) is -0.823. The molecule has 4 rings (SSSR count). The average molecular weight is 495 g/mol. The minimum Gasteiger partial charge on any atom is -0.489 e. The van der Waals surface area contributed by atoms with Gasteiger partial charge in [0.25, 0.3) is 11.8 Å². The van der Waals surface area contributed by atoms with E-state index in [0.29, 0.717) is 33.7 Å². The van der Waals surface area contributed by atoms with E-state index in [1.54, 1.807) is 55.5 Å². The number of hydrogen-bond acceptors (Lipinski definition) is 4. The molecule has 0 atom stereocenters. The van der Waals surface area contributed by atoms with Crippen LogP contribution in [0.25, 0.3) is 6.08 Å². The Kier molecular flexibility index (Phi) is 6.72. The van der Waals surface area contributed by atoms with Crippen molar-refractivity contribution in [1.82, 2.24) is 5.32 Å². The molecule has 0 aromatic heterocycles.